The fourth-order valence-electron chi connectivity index (χ4n) is 2.36. The lowest BCUT2D eigenvalue weighted by Gasteiger charge is -2.14. The van der Waals surface area contributed by atoms with Gasteiger partial charge in [-0.25, -0.2) is 13.6 Å². The van der Waals surface area contributed by atoms with Crippen molar-refractivity contribution in [1.82, 2.24) is 4.98 Å². The van der Waals surface area contributed by atoms with Crippen LogP contribution in [-0.4, -0.2) is 23.0 Å². The van der Waals surface area contributed by atoms with Gasteiger partial charge in [-0.05, 0) is 31.2 Å². The van der Waals surface area contributed by atoms with E-state index in [2.05, 4.69) is 10.3 Å². The van der Waals surface area contributed by atoms with Crippen LogP contribution in [0.25, 0.3) is 10.9 Å². The molecule has 0 spiro atoms. The summed E-state index contributed by atoms with van der Waals surface area (Å²) in [6.07, 6.45) is 0.410. The quantitative estimate of drug-likeness (QED) is 0.724. The van der Waals surface area contributed by atoms with Gasteiger partial charge in [-0.15, -0.1) is 0 Å². The molecule has 1 heterocycles. The molecule has 3 rings (SSSR count). The first kappa shape index (κ1) is 17.5. The number of anilines is 1. The molecule has 0 aliphatic carbocycles. The topological polar surface area (TPSA) is 68.3 Å². The number of hydrogen-bond donors (Lipinski definition) is 1. The van der Waals surface area contributed by atoms with Gasteiger partial charge < -0.3 is 10.1 Å². The highest BCUT2D eigenvalue weighted by Gasteiger charge is 2.21. The number of rotatable bonds is 4. The molecule has 1 atom stereocenters. The van der Waals surface area contributed by atoms with E-state index in [1.807, 2.05) is 0 Å². The van der Waals surface area contributed by atoms with Crippen molar-refractivity contribution in [3.63, 3.8) is 0 Å². The zero-order valence-corrected chi connectivity index (χ0v) is 13.7. The molecule has 0 saturated carbocycles. The van der Waals surface area contributed by atoms with Crippen molar-refractivity contribution in [2.45, 2.75) is 13.0 Å². The van der Waals surface area contributed by atoms with E-state index in [1.165, 1.54) is 13.0 Å². The third-order valence-electron chi connectivity index (χ3n) is 3.69. The number of para-hydroxylation sites is 1. The highest BCUT2D eigenvalue weighted by atomic mass is 19.2. The first-order valence-corrected chi connectivity index (χ1v) is 7.76. The van der Waals surface area contributed by atoms with E-state index in [4.69, 9.17) is 4.74 Å². The molecular formula is C19H14F2N2O3. The molecule has 7 heteroatoms. The summed E-state index contributed by atoms with van der Waals surface area (Å²) >= 11 is 0. The maximum absolute atomic E-state index is 13.2. The molecule has 0 unspecified atom stereocenters. The predicted octanol–water partition coefficient (Wildman–Crippen LogP) is 3.70. The van der Waals surface area contributed by atoms with Gasteiger partial charge >= 0.3 is 5.97 Å². The van der Waals surface area contributed by atoms with Gasteiger partial charge in [0.25, 0.3) is 5.91 Å². The SMILES string of the molecule is C[C@@H](OC(=O)c1cccc2cccnc12)C(=O)Nc1ccc(F)c(F)c1. The lowest BCUT2D eigenvalue weighted by molar-refractivity contribution is -0.123. The van der Waals surface area contributed by atoms with Crippen LogP contribution in [0.2, 0.25) is 0 Å². The number of nitrogens with one attached hydrogen (secondary N) is 1. The molecule has 2 aromatic carbocycles. The molecule has 132 valence electrons. The Morgan fingerprint density at radius 3 is 2.62 bits per heavy atom. The number of esters is 1. The molecule has 1 amide bonds. The summed E-state index contributed by atoms with van der Waals surface area (Å²) in [5.74, 6) is -3.49. The summed E-state index contributed by atoms with van der Waals surface area (Å²) in [5.41, 5.74) is 0.757. The molecule has 0 bridgehead atoms. The van der Waals surface area contributed by atoms with Crippen molar-refractivity contribution < 1.29 is 23.1 Å². The Labute approximate surface area is 147 Å². The number of benzene rings is 2. The normalized spacial score (nSPS) is 11.8. The standard InChI is InChI=1S/C19H14F2N2O3/c1-11(18(24)23-13-7-8-15(20)16(21)10-13)26-19(25)14-6-2-4-12-5-3-9-22-17(12)14/h2-11H,1H3,(H,23,24)/t11-/m1/s1. The van der Waals surface area contributed by atoms with E-state index in [9.17, 15) is 18.4 Å². The van der Waals surface area contributed by atoms with Gasteiger partial charge in [0.05, 0.1) is 11.1 Å². The van der Waals surface area contributed by atoms with E-state index in [-0.39, 0.29) is 11.3 Å². The van der Waals surface area contributed by atoms with Crippen molar-refractivity contribution >= 4 is 28.5 Å². The minimum Gasteiger partial charge on any atom is -0.449 e. The molecule has 0 fully saturated rings. The summed E-state index contributed by atoms with van der Waals surface area (Å²) in [4.78, 5) is 28.7. The van der Waals surface area contributed by atoms with Crippen LogP contribution in [0.4, 0.5) is 14.5 Å². The van der Waals surface area contributed by atoms with Gasteiger partial charge in [0, 0.05) is 23.3 Å². The van der Waals surface area contributed by atoms with Crippen molar-refractivity contribution in [2.24, 2.45) is 0 Å². The molecule has 0 aliphatic heterocycles. The Balaban J connectivity index is 1.72. The van der Waals surface area contributed by atoms with Gasteiger partial charge in [-0.2, -0.15) is 0 Å². The van der Waals surface area contributed by atoms with E-state index in [0.29, 0.717) is 5.52 Å². The largest absolute Gasteiger partial charge is 0.449 e. The number of hydrogen-bond acceptors (Lipinski definition) is 4. The van der Waals surface area contributed by atoms with E-state index in [0.717, 1.165) is 17.5 Å². The van der Waals surface area contributed by atoms with Crippen LogP contribution < -0.4 is 5.32 Å². The number of pyridine rings is 1. The van der Waals surface area contributed by atoms with Crippen LogP contribution in [0, 0.1) is 11.6 Å². The first-order chi connectivity index (χ1) is 12.5. The minimum atomic E-state index is -1.14. The first-order valence-electron chi connectivity index (χ1n) is 7.76. The Hall–Kier alpha value is -3.35. The van der Waals surface area contributed by atoms with Crippen LogP contribution in [-0.2, 0) is 9.53 Å². The molecule has 0 radical (unpaired) electrons. The smallest absolute Gasteiger partial charge is 0.341 e. The predicted molar refractivity (Wildman–Crippen MR) is 91.6 cm³/mol. The third kappa shape index (κ3) is 3.66. The molecule has 1 aromatic heterocycles. The number of carbonyl (C=O) groups excluding carboxylic acids is 2. The fourth-order valence-corrected chi connectivity index (χ4v) is 2.36. The van der Waals surface area contributed by atoms with Crippen molar-refractivity contribution in [3.05, 3.63) is 71.9 Å². The number of ether oxygens (including phenoxy) is 1. The summed E-state index contributed by atoms with van der Waals surface area (Å²) in [7, 11) is 0. The number of halogens is 2. The Morgan fingerprint density at radius 1 is 1.08 bits per heavy atom. The number of amides is 1. The molecule has 3 aromatic rings. The number of carbonyl (C=O) groups is 2. The third-order valence-corrected chi connectivity index (χ3v) is 3.69. The average molecular weight is 356 g/mol. The Bertz CT molecular complexity index is 986. The highest BCUT2D eigenvalue weighted by molar-refractivity contribution is 6.04. The summed E-state index contributed by atoms with van der Waals surface area (Å²) < 4.78 is 31.3. The maximum atomic E-state index is 13.2. The summed E-state index contributed by atoms with van der Waals surface area (Å²) in [6, 6.07) is 11.5. The zero-order chi connectivity index (χ0) is 18.7. The van der Waals surface area contributed by atoms with Gasteiger partial charge in [-0.1, -0.05) is 18.2 Å². The lowest BCUT2D eigenvalue weighted by Crippen LogP contribution is -2.30. The molecule has 5 nitrogen and oxygen atoms in total. The zero-order valence-electron chi connectivity index (χ0n) is 13.7. The van der Waals surface area contributed by atoms with Crippen LogP contribution in [0.3, 0.4) is 0 Å². The maximum Gasteiger partial charge on any atom is 0.341 e. The van der Waals surface area contributed by atoms with Crippen molar-refractivity contribution in [1.29, 1.82) is 0 Å². The van der Waals surface area contributed by atoms with E-state index >= 15 is 0 Å². The number of nitrogens with zero attached hydrogens (tertiary/aromatic N) is 1. The Morgan fingerprint density at radius 2 is 1.85 bits per heavy atom. The van der Waals surface area contributed by atoms with E-state index in [1.54, 1.807) is 36.5 Å². The van der Waals surface area contributed by atoms with Gasteiger partial charge in [-0.3, -0.25) is 9.78 Å². The molecule has 26 heavy (non-hydrogen) atoms. The number of aromatic nitrogens is 1. The molecular weight excluding hydrogens is 342 g/mol. The van der Waals surface area contributed by atoms with Gasteiger partial charge in [0.1, 0.15) is 0 Å². The second kappa shape index (κ2) is 7.26. The van der Waals surface area contributed by atoms with Crippen LogP contribution >= 0.6 is 0 Å². The van der Waals surface area contributed by atoms with Crippen LogP contribution in [0.5, 0.6) is 0 Å². The second-order valence-electron chi connectivity index (χ2n) is 5.55. The van der Waals surface area contributed by atoms with Gasteiger partial charge in [0.15, 0.2) is 17.7 Å². The highest BCUT2D eigenvalue weighted by Crippen LogP contribution is 2.18. The monoisotopic (exact) mass is 356 g/mol. The average Bonchev–Trinajstić information content (AvgIpc) is 2.64. The molecule has 0 aliphatic rings. The van der Waals surface area contributed by atoms with Crippen LogP contribution in [0.1, 0.15) is 17.3 Å². The van der Waals surface area contributed by atoms with Crippen molar-refractivity contribution in [3.8, 4) is 0 Å². The Kier molecular flexibility index (Phi) is 4.88. The lowest BCUT2D eigenvalue weighted by atomic mass is 10.1. The van der Waals surface area contributed by atoms with Gasteiger partial charge in [0.2, 0.25) is 0 Å². The van der Waals surface area contributed by atoms with Crippen LogP contribution in [0.15, 0.2) is 54.7 Å². The number of fused-ring (bicyclic) bond motifs is 1. The summed E-state index contributed by atoms with van der Waals surface area (Å²) in [5, 5.41) is 3.13. The van der Waals surface area contributed by atoms with E-state index < -0.39 is 29.6 Å². The fraction of sp³-hybridized carbons (Fsp3) is 0.105. The second-order valence-corrected chi connectivity index (χ2v) is 5.55. The summed E-state index contributed by atoms with van der Waals surface area (Å²) in [6.45, 7) is 1.38. The molecule has 0 saturated heterocycles. The van der Waals surface area contributed by atoms with Crippen molar-refractivity contribution in [2.75, 3.05) is 5.32 Å². The minimum absolute atomic E-state index is 0.0589. The molecule has 1 N–H and O–H groups in total.